The van der Waals surface area contributed by atoms with Crippen LogP contribution >= 0.6 is 0 Å². The molecule has 0 bridgehead atoms. The first-order valence-electron chi connectivity index (χ1n) is 8.43. The van der Waals surface area contributed by atoms with Crippen molar-refractivity contribution >= 4 is 26.9 Å². The van der Waals surface area contributed by atoms with E-state index >= 15 is 0 Å². The molecule has 1 N–H and O–H groups in total. The zero-order valence-corrected chi connectivity index (χ0v) is 15.4. The topological polar surface area (TPSA) is 55.4 Å². The zero-order valence-electron chi connectivity index (χ0n) is 14.6. The lowest BCUT2D eigenvalue weighted by Gasteiger charge is -2.06. The van der Waals surface area contributed by atoms with Gasteiger partial charge in [-0.15, -0.1) is 0 Å². The van der Waals surface area contributed by atoms with Gasteiger partial charge < -0.3 is 4.74 Å². The molecule has 5 heteroatoms. The number of rotatable bonds is 6. The Bertz CT molecular complexity index is 1090. The molecular formula is C22H19NO3S. The predicted octanol–water partition coefficient (Wildman–Crippen LogP) is 3.81. The van der Waals surface area contributed by atoms with Crippen LogP contribution in [0.25, 0.3) is 16.8 Å². The van der Waals surface area contributed by atoms with E-state index in [1.165, 1.54) is 0 Å². The molecule has 0 unspecified atom stereocenters. The molecule has 0 atom stereocenters. The van der Waals surface area contributed by atoms with Crippen molar-refractivity contribution in [3.05, 3.63) is 83.8 Å². The Balaban J connectivity index is 1.50. The van der Waals surface area contributed by atoms with Crippen molar-refractivity contribution < 1.29 is 13.2 Å². The Morgan fingerprint density at radius 2 is 1.63 bits per heavy atom. The molecule has 0 aromatic heterocycles. The van der Waals surface area contributed by atoms with E-state index in [1.807, 2.05) is 72.8 Å². The van der Waals surface area contributed by atoms with Crippen molar-refractivity contribution in [3.8, 4) is 17.6 Å². The van der Waals surface area contributed by atoms with Gasteiger partial charge in [0.05, 0.1) is 6.54 Å². The monoisotopic (exact) mass is 377 g/mol. The number of ether oxygens (including phenoxy) is 1. The molecule has 0 spiro atoms. The molecule has 0 heterocycles. The molecule has 136 valence electrons. The van der Waals surface area contributed by atoms with Gasteiger partial charge in [0, 0.05) is 10.8 Å². The SMILES string of the molecule is O=S(=O)(/C=C/c1ccccc1)NCC#CCOc1cccc2ccccc12. The number of hydrogen-bond donors (Lipinski definition) is 1. The Morgan fingerprint density at radius 3 is 2.48 bits per heavy atom. The van der Waals surface area contributed by atoms with Crippen LogP contribution in [0.2, 0.25) is 0 Å². The van der Waals surface area contributed by atoms with Gasteiger partial charge in [0.1, 0.15) is 12.4 Å². The summed E-state index contributed by atoms with van der Waals surface area (Å²) in [7, 11) is -3.52. The van der Waals surface area contributed by atoms with Crippen molar-refractivity contribution in [2.45, 2.75) is 0 Å². The summed E-state index contributed by atoms with van der Waals surface area (Å²) in [6.45, 7) is 0.218. The maximum absolute atomic E-state index is 11.9. The van der Waals surface area contributed by atoms with Crippen LogP contribution in [0.4, 0.5) is 0 Å². The van der Waals surface area contributed by atoms with E-state index in [-0.39, 0.29) is 13.2 Å². The Hall–Kier alpha value is -3.07. The highest BCUT2D eigenvalue weighted by molar-refractivity contribution is 7.92. The van der Waals surface area contributed by atoms with Crippen molar-refractivity contribution in [1.29, 1.82) is 0 Å². The van der Waals surface area contributed by atoms with Gasteiger partial charge in [0.25, 0.3) is 0 Å². The number of nitrogens with one attached hydrogen (secondary N) is 1. The second-order valence-corrected chi connectivity index (χ2v) is 7.35. The van der Waals surface area contributed by atoms with E-state index in [0.29, 0.717) is 0 Å². The van der Waals surface area contributed by atoms with Gasteiger partial charge in [0.15, 0.2) is 0 Å². The minimum Gasteiger partial charge on any atom is -0.480 e. The van der Waals surface area contributed by atoms with Gasteiger partial charge in [-0.3, -0.25) is 0 Å². The third kappa shape index (κ3) is 5.71. The third-order valence-corrected chi connectivity index (χ3v) is 4.82. The maximum atomic E-state index is 11.9. The fourth-order valence-electron chi connectivity index (χ4n) is 2.47. The first-order valence-corrected chi connectivity index (χ1v) is 9.98. The largest absolute Gasteiger partial charge is 0.480 e. The Kier molecular flexibility index (Phi) is 6.26. The van der Waals surface area contributed by atoms with E-state index in [0.717, 1.165) is 27.5 Å². The second kappa shape index (κ2) is 9.04. The van der Waals surface area contributed by atoms with Crippen LogP contribution in [0.1, 0.15) is 5.56 Å². The van der Waals surface area contributed by atoms with Gasteiger partial charge in [0.2, 0.25) is 10.0 Å². The molecule has 0 aliphatic rings. The van der Waals surface area contributed by atoms with Gasteiger partial charge in [-0.2, -0.15) is 4.72 Å². The van der Waals surface area contributed by atoms with E-state index in [2.05, 4.69) is 16.6 Å². The van der Waals surface area contributed by atoms with E-state index in [9.17, 15) is 8.42 Å². The zero-order chi connectivity index (χ0) is 19.0. The van der Waals surface area contributed by atoms with Crippen LogP contribution in [-0.4, -0.2) is 21.6 Å². The van der Waals surface area contributed by atoms with Gasteiger partial charge in [-0.25, -0.2) is 8.42 Å². The quantitative estimate of drug-likeness (QED) is 0.665. The summed E-state index contributed by atoms with van der Waals surface area (Å²) < 4.78 is 31.9. The summed E-state index contributed by atoms with van der Waals surface area (Å²) in [6, 6.07) is 23.0. The summed E-state index contributed by atoms with van der Waals surface area (Å²) in [6.07, 6.45) is 1.54. The first-order chi connectivity index (χ1) is 13.1. The van der Waals surface area contributed by atoms with Crippen molar-refractivity contribution in [1.82, 2.24) is 4.72 Å². The highest BCUT2D eigenvalue weighted by Gasteiger charge is 2.02. The summed E-state index contributed by atoms with van der Waals surface area (Å²) >= 11 is 0. The number of benzene rings is 3. The van der Waals surface area contributed by atoms with Gasteiger partial charge in [-0.05, 0) is 23.1 Å². The van der Waals surface area contributed by atoms with Crippen molar-refractivity contribution in [2.24, 2.45) is 0 Å². The molecule has 0 radical (unpaired) electrons. The lowest BCUT2D eigenvalue weighted by molar-refractivity contribution is 0.374. The summed E-state index contributed by atoms with van der Waals surface area (Å²) in [4.78, 5) is 0. The van der Waals surface area contributed by atoms with Crippen LogP contribution in [0.5, 0.6) is 5.75 Å². The summed E-state index contributed by atoms with van der Waals surface area (Å²) in [5, 5.41) is 3.26. The van der Waals surface area contributed by atoms with E-state index in [4.69, 9.17) is 4.74 Å². The molecule has 0 fully saturated rings. The lowest BCUT2D eigenvalue weighted by Crippen LogP contribution is -2.21. The maximum Gasteiger partial charge on any atom is 0.234 e. The predicted molar refractivity (Wildman–Crippen MR) is 110 cm³/mol. The number of hydrogen-bond acceptors (Lipinski definition) is 3. The molecule has 0 saturated heterocycles. The molecule has 3 aromatic carbocycles. The average Bonchev–Trinajstić information content (AvgIpc) is 2.70. The minimum absolute atomic E-state index is 0.0281. The van der Waals surface area contributed by atoms with Crippen LogP contribution in [0, 0.1) is 11.8 Å². The summed E-state index contributed by atoms with van der Waals surface area (Å²) in [5.74, 6) is 6.34. The van der Waals surface area contributed by atoms with E-state index in [1.54, 1.807) is 6.08 Å². The van der Waals surface area contributed by atoms with Gasteiger partial charge >= 0.3 is 0 Å². The number of fused-ring (bicyclic) bond motifs is 1. The Labute approximate surface area is 159 Å². The minimum atomic E-state index is -3.52. The molecule has 3 rings (SSSR count). The van der Waals surface area contributed by atoms with Crippen molar-refractivity contribution in [2.75, 3.05) is 13.2 Å². The lowest BCUT2D eigenvalue weighted by atomic mass is 10.1. The average molecular weight is 377 g/mol. The molecular weight excluding hydrogens is 358 g/mol. The second-order valence-electron chi connectivity index (χ2n) is 5.70. The molecule has 0 aliphatic carbocycles. The molecule has 3 aromatic rings. The smallest absolute Gasteiger partial charge is 0.234 e. The van der Waals surface area contributed by atoms with E-state index < -0.39 is 10.0 Å². The Morgan fingerprint density at radius 1 is 0.889 bits per heavy atom. The molecule has 0 amide bonds. The van der Waals surface area contributed by atoms with Crippen molar-refractivity contribution in [3.63, 3.8) is 0 Å². The highest BCUT2D eigenvalue weighted by Crippen LogP contribution is 2.24. The van der Waals surface area contributed by atoms with Crippen LogP contribution in [0.3, 0.4) is 0 Å². The third-order valence-electron chi connectivity index (χ3n) is 3.78. The molecule has 4 nitrogen and oxygen atoms in total. The fourth-order valence-corrected chi connectivity index (χ4v) is 3.17. The molecule has 27 heavy (non-hydrogen) atoms. The normalized spacial score (nSPS) is 11.3. The van der Waals surface area contributed by atoms with Crippen LogP contribution < -0.4 is 9.46 Å². The number of sulfonamides is 1. The first kappa shape index (κ1) is 18.7. The van der Waals surface area contributed by atoms with Crippen LogP contribution in [-0.2, 0) is 10.0 Å². The van der Waals surface area contributed by atoms with Gasteiger partial charge in [-0.1, -0.05) is 78.6 Å². The summed E-state index contributed by atoms with van der Waals surface area (Å²) in [5.41, 5.74) is 0.817. The molecule has 0 saturated carbocycles. The highest BCUT2D eigenvalue weighted by atomic mass is 32.2. The van der Waals surface area contributed by atoms with Crippen LogP contribution in [0.15, 0.2) is 78.2 Å². The standard InChI is InChI=1S/C22H19NO3S/c24-27(25,18-15-19-9-2-1-3-10-19)23-16-6-7-17-26-22-14-8-12-20-11-4-5-13-21(20)22/h1-5,8-15,18,23H,16-17H2/b18-15+. The fraction of sp³-hybridized carbons (Fsp3) is 0.0909. The molecule has 0 aliphatic heterocycles.